The molecule has 4 rings (SSSR count). The number of nitrogens with one attached hydrogen (secondary N) is 1. The summed E-state index contributed by atoms with van der Waals surface area (Å²) >= 11 is 0.964. The monoisotopic (exact) mass is 479 g/mol. The molecular weight excluding hydrogens is 455 g/mol. The fourth-order valence-corrected chi connectivity index (χ4v) is 4.70. The fourth-order valence-electron chi connectivity index (χ4n) is 3.60. The fraction of sp³-hybridized carbons (Fsp3) is 0.391. The van der Waals surface area contributed by atoms with Gasteiger partial charge in [0.05, 0.1) is 18.1 Å². The summed E-state index contributed by atoms with van der Waals surface area (Å²) in [6, 6.07) is 9.78. The number of hydrogen-bond acceptors (Lipinski definition) is 6. The Hall–Kier alpha value is -2.69. The maximum Gasteiger partial charge on any atom is 0.433 e. The summed E-state index contributed by atoms with van der Waals surface area (Å²) in [5.74, 6) is 0.375. The minimum Gasteiger partial charge on any atom is -0.492 e. The summed E-state index contributed by atoms with van der Waals surface area (Å²) in [6.45, 7) is 6.66. The lowest BCUT2D eigenvalue weighted by Crippen LogP contribution is -2.38. The van der Waals surface area contributed by atoms with Crippen LogP contribution < -0.4 is 10.1 Å². The van der Waals surface area contributed by atoms with E-state index in [0.717, 1.165) is 61.6 Å². The minimum atomic E-state index is -4.52. The molecule has 3 heterocycles. The molecule has 1 aliphatic heterocycles. The first-order chi connectivity index (χ1) is 15.8. The lowest BCUT2D eigenvalue weighted by Gasteiger charge is -2.26. The quantitative estimate of drug-likeness (QED) is 0.549. The number of morpholine rings is 1. The second kappa shape index (κ2) is 10.1. The van der Waals surface area contributed by atoms with Crippen molar-refractivity contribution in [2.24, 2.45) is 0 Å². The number of benzene rings is 1. The van der Waals surface area contributed by atoms with Crippen molar-refractivity contribution < 1.29 is 27.4 Å². The lowest BCUT2D eigenvalue weighted by molar-refractivity contribution is -0.140. The van der Waals surface area contributed by atoms with Crippen molar-refractivity contribution in [3.63, 3.8) is 0 Å². The first-order valence-corrected chi connectivity index (χ1v) is 11.4. The molecule has 10 heteroatoms. The smallest absolute Gasteiger partial charge is 0.433 e. The van der Waals surface area contributed by atoms with E-state index in [1.807, 2.05) is 24.3 Å². The van der Waals surface area contributed by atoms with Gasteiger partial charge in [-0.25, -0.2) is 4.98 Å². The van der Waals surface area contributed by atoms with Crippen LogP contribution in [-0.4, -0.2) is 55.2 Å². The van der Waals surface area contributed by atoms with Crippen molar-refractivity contribution in [3.05, 3.63) is 58.1 Å². The van der Waals surface area contributed by atoms with E-state index in [1.165, 1.54) is 6.07 Å². The molecule has 1 aromatic carbocycles. The number of alkyl halides is 3. The molecule has 1 N–H and O–H groups in total. The van der Waals surface area contributed by atoms with Gasteiger partial charge in [0.1, 0.15) is 22.9 Å². The Labute approximate surface area is 193 Å². The molecule has 1 aliphatic rings. The van der Waals surface area contributed by atoms with Crippen LogP contribution in [0.25, 0.3) is 10.2 Å². The van der Waals surface area contributed by atoms with Crippen LogP contribution in [0.4, 0.5) is 13.2 Å². The van der Waals surface area contributed by atoms with Gasteiger partial charge in [0.15, 0.2) is 0 Å². The molecule has 33 heavy (non-hydrogen) atoms. The van der Waals surface area contributed by atoms with E-state index in [2.05, 4.69) is 15.2 Å². The average Bonchev–Trinajstić information content (AvgIpc) is 3.14. The Bertz CT molecular complexity index is 1130. The van der Waals surface area contributed by atoms with Gasteiger partial charge in [-0.15, -0.1) is 11.3 Å². The van der Waals surface area contributed by atoms with E-state index in [1.54, 1.807) is 6.92 Å². The predicted octanol–water partition coefficient (Wildman–Crippen LogP) is 4.26. The van der Waals surface area contributed by atoms with E-state index < -0.39 is 11.9 Å². The number of hydrogen-bond donors (Lipinski definition) is 1. The minimum absolute atomic E-state index is 0.197. The molecule has 1 amide bonds. The number of ether oxygens (including phenoxy) is 2. The van der Waals surface area contributed by atoms with Gasteiger partial charge in [-0.05, 0) is 42.3 Å². The second-order valence-corrected chi connectivity index (χ2v) is 8.73. The van der Waals surface area contributed by atoms with Crippen LogP contribution in [0.5, 0.6) is 5.75 Å². The molecule has 0 aliphatic carbocycles. The highest BCUT2D eigenvalue weighted by molar-refractivity contribution is 7.20. The number of carbonyl (C=O) groups is 1. The van der Waals surface area contributed by atoms with Crippen molar-refractivity contribution >= 4 is 27.5 Å². The summed E-state index contributed by atoms with van der Waals surface area (Å²) in [7, 11) is 0. The number of aryl methyl sites for hydroxylation is 1. The zero-order valence-electron chi connectivity index (χ0n) is 18.1. The van der Waals surface area contributed by atoms with E-state index in [0.29, 0.717) is 22.4 Å². The maximum atomic E-state index is 12.9. The zero-order valence-corrected chi connectivity index (χ0v) is 18.9. The molecule has 176 valence electrons. The number of amides is 1. The molecule has 6 nitrogen and oxygen atoms in total. The van der Waals surface area contributed by atoms with Gasteiger partial charge in [0, 0.05) is 31.6 Å². The van der Waals surface area contributed by atoms with Crippen LogP contribution in [-0.2, 0) is 17.5 Å². The summed E-state index contributed by atoms with van der Waals surface area (Å²) in [5.41, 5.74) is 0.519. The molecule has 1 fully saturated rings. The van der Waals surface area contributed by atoms with Gasteiger partial charge in [0.25, 0.3) is 5.91 Å². The Morgan fingerprint density at radius 2 is 2.03 bits per heavy atom. The van der Waals surface area contributed by atoms with Gasteiger partial charge >= 0.3 is 6.18 Å². The number of nitrogens with zero attached hydrogens (tertiary/aromatic N) is 2. The predicted molar refractivity (Wildman–Crippen MR) is 120 cm³/mol. The normalized spacial score (nSPS) is 15.0. The number of halogens is 3. The van der Waals surface area contributed by atoms with Gasteiger partial charge < -0.3 is 14.8 Å². The molecule has 2 aromatic heterocycles. The van der Waals surface area contributed by atoms with E-state index in [9.17, 15) is 18.0 Å². The number of carbonyl (C=O) groups excluding carboxylic acids is 1. The highest BCUT2D eigenvalue weighted by Crippen LogP contribution is 2.34. The Morgan fingerprint density at radius 1 is 1.24 bits per heavy atom. The molecule has 0 atom stereocenters. The number of pyridine rings is 1. The molecule has 0 spiro atoms. The summed E-state index contributed by atoms with van der Waals surface area (Å²) in [4.78, 5) is 19.3. The lowest BCUT2D eigenvalue weighted by atomic mass is 10.1. The molecule has 0 bridgehead atoms. The zero-order chi connectivity index (χ0) is 23.4. The third-order valence-corrected chi connectivity index (χ3v) is 6.63. The van der Waals surface area contributed by atoms with Gasteiger partial charge in [-0.2, -0.15) is 13.2 Å². The largest absolute Gasteiger partial charge is 0.492 e. The summed E-state index contributed by atoms with van der Waals surface area (Å²) in [6.07, 6.45) is -4.52. The third kappa shape index (κ3) is 5.82. The van der Waals surface area contributed by atoms with Crippen molar-refractivity contribution in [3.8, 4) is 5.75 Å². The molecule has 3 aromatic rings. The number of rotatable bonds is 7. The number of thiophene rings is 1. The van der Waals surface area contributed by atoms with Crippen molar-refractivity contribution in [2.75, 3.05) is 39.5 Å². The third-order valence-electron chi connectivity index (χ3n) is 5.43. The van der Waals surface area contributed by atoms with Crippen LogP contribution >= 0.6 is 11.3 Å². The van der Waals surface area contributed by atoms with Crippen molar-refractivity contribution in [2.45, 2.75) is 19.6 Å². The van der Waals surface area contributed by atoms with E-state index in [4.69, 9.17) is 9.47 Å². The van der Waals surface area contributed by atoms with Gasteiger partial charge in [-0.3, -0.25) is 9.69 Å². The summed E-state index contributed by atoms with van der Waals surface area (Å²) in [5, 5.41) is 3.39. The first-order valence-electron chi connectivity index (χ1n) is 10.6. The molecular formula is C23H24F3N3O3S. The molecule has 0 radical (unpaired) electrons. The maximum absolute atomic E-state index is 12.9. The first kappa shape index (κ1) is 23.5. The summed E-state index contributed by atoms with van der Waals surface area (Å²) < 4.78 is 50.0. The topological polar surface area (TPSA) is 63.7 Å². The molecule has 0 unspecified atom stereocenters. The number of fused-ring (bicyclic) bond motifs is 1. The Kier molecular flexibility index (Phi) is 7.16. The SMILES string of the molecule is Cc1c(C(=O)NCc2cccc(OCCN3CCOCC3)c2)sc2nc(C(F)(F)F)ccc12. The van der Waals surface area contributed by atoms with E-state index in [-0.39, 0.29) is 17.3 Å². The van der Waals surface area contributed by atoms with Crippen molar-refractivity contribution in [1.29, 1.82) is 0 Å². The van der Waals surface area contributed by atoms with Crippen LogP contribution in [0.15, 0.2) is 36.4 Å². The van der Waals surface area contributed by atoms with Crippen molar-refractivity contribution in [1.82, 2.24) is 15.2 Å². The van der Waals surface area contributed by atoms with Crippen LogP contribution in [0.3, 0.4) is 0 Å². The standard InChI is InChI=1S/C23H24F3N3O3S/c1-15-18-5-6-19(23(24,25)26)28-22(18)33-20(15)21(30)27-14-16-3-2-4-17(13-16)32-12-9-29-7-10-31-11-8-29/h2-6,13H,7-12,14H2,1H3,(H,27,30). The Balaban J connectivity index is 1.36. The van der Waals surface area contributed by atoms with Crippen LogP contribution in [0.1, 0.15) is 26.5 Å². The van der Waals surface area contributed by atoms with Crippen LogP contribution in [0, 0.1) is 6.92 Å². The Morgan fingerprint density at radius 3 is 2.79 bits per heavy atom. The van der Waals surface area contributed by atoms with Gasteiger partial charge in [-0.1, -0.05) is 12.1 Å². The van der Waals surface area contributed by atoms with E-state index >= 15 is 0 Å². The highest BCUT2D eigenvalue weighted by atomic mass is 32.1. The molecule has 1 saturated heterocycles. The number of aromatic nitrogens is 1. The second-order valence-electron chi connectivity index (χ2n) is 7.74. The molecule has 0 saturated carbocycles. The van der Waals surface area contributed by atoms with Gasteiger partial charge in [0.2, 0.25) is 0 Å². The van der Waals surface area contributed by atoms with Crippen LogP contribution in [0.2, 0.25) is 0 Å². The highest BCUT2D eigenvalue weighted by Gasteiger charge is 2.33. The average molecular weight is 480 g/mol.